The maximum atomic E-state index is 12.8. The molecule has 2 unspecified atom stereocenters. The smallest absolute Gasteiger partial charge is 0.134 e. The van der Waals surface area contributed by atoms with E-state index in [4.69, 9.17) is 9.84 Å². The lowest BCUT2D eigenvalue weighted by atomic mass is 10.1. The molecule has 1 heterocycles. The van der Waals surface area contributed by atoms with E-state index in [0.29, 0.717) is 6.42 Å². The van der Waals surface area contributed by atoms with Crippen molar-refractivity contribution < 1.29 is 14.2 Å². The second-order valence-electron chi connectivity index (χ2n) is 2.73. The number of halogens is 1. The van der Waals surface area contributed by atoms with Gasteiger partial charge in [0, 0.05) is 6.42 Å². The van der Waals surface area contributed by atoms with Crippen LogP contribution < -0.4 is 0 Å². The minimum atomic E-state index is -1.21. The molecule has 1 aliphatic heterocycles. The summed E-state index contributed by atoms with van der Waals surface area (Å²) in [4.78, 5) is 0. The second kappa shape index (κ2) is 2.23. The van der Waals surface area contributed by atoms with E-state index in [1.54, 1.807) is 0 Å². The highest BCUT2D eigenvalue weighted by molar-refractivity contribution is 4.83. The lowest BCUT2D eigenvalue weighted by Crippen LogP contribution is -2.18. The summed E-state index contributed by atoms with van der Waals surface area (Å²) in [5.74, 6) is 0. The molecule has 0 aliphatic carbocycles. The Balaban J connectivity index is 2.38. The van der Waals surface area contributed by atoms with Gasteiger partial charge in [0.1, 0.15) is 5.67 Å². The van der Waals surface area contributed by atoms with Crippen LogP contribution >= 0.6 is 0 Å². The third kappa shape index (κ3) is 1.63. The van der Waals surface area contributed by atoms with Crippen LogP contribution in [0.3, 0.4) is 0 Å². The average molecular weight is 134 g/mol. The van der Waals surface area contributed by atoms with Gasteiger partial charge < -0.3 is 9.84 Å². The minimum Gasteiger partial charge on any atom is -0.394 e. The molecule has 54 valence electrons. The molecule has 1 rings (SSSR count). The Hall–Kier alpha value is -0.150. The van der Waals surface area contributed by atoms with E-state index in [-0.39, 0.29) is 19.3 Å². The number of hydrogen-bond donors (Lipinski definition) is 1. The summed E-state index contributed by atoms with van der Waals surface area (Å²) in [6.45, 7) is 1.54. The summed E-state index contributed by atoms with van der Waals surface area (Å²) in [7, 11) is 0. The van der Waals surface area contributed by atoms with Crippen molar-refractivity contribution in [3.8, 4) is 0 Å². The molecule has 0 aromatic carbocycles. The van der Waals surface area contributed by atoms with E-state index < -0.39 is 5.67 Å². The first-order valence-electron chi connectivity index (χ1n) is 3.05. The fourth-order valence-electron chi connectivity index (χ4n) is 1.00. The Morgan fingerprint density at radius 3 is 2.78 bits per heavy atom. The predicted molar refractivity (Wildman–Crippen MR) is 31.0 cm³/mol. The van der Waals surface area contributed by atoms with Crippen LogP contribution in [-0.4, -0.2) is 30.1 Å². The molecule has 0 saturated carbocycles. The van der Waals surface area contributed by atoms with Gasteiger partial charge in [-0.1, -0.05) is 0 Å². The highest BCUT2D eigenvalue weighted by atomic mass is 19.1. The maximum Gasteiger partial charge on any atom is 0.134 e. The molecule has 0 bridgehead atoms. The van der Waals surface area contributed by atoms with Crippen molar-refractivity contribution in [2.45, 2.75) is 25.1 Å². The first-order valence-corrected chi connectivity index (χ1v) is 3.05. The van der Waals surface area contributed by atoms with E-state index in [1.165, 1.54) is 6.92 Å². The van der Waals surface area contributed by atoms with E-state index >= 15 is 0 Å². The normalized spacial score (nSPS) is 43.7. The van der Waals surface area contributed by atoms with E-state index in [9.17, 15) is 4.39 Å². The molecule has 2 atom stereocenters. The van der Waals surface area contributed by atoms with Crippen molar-refractivity contribution in [3.63, 3.8) is 0 Å². The van der Waals surface area contributed by atoms with Crippen molar-refractivity contribution in [2.24, 2.45) is 0 Å². The molecule has 0 aromatic rings. The Bertz CT molecular complexity index is 103. The lowest BCUT2D eigenvalue weighted by Gasteiger charge is -2.07. The van der Waals surface area contributed by atoms with E-state index in [0.717, 1.165) is 0 Å². The molecule has 0 aromatic heterocycles. The Kier molecular flexibility index (Phi) is 1.73. The largest absolute Gasteiger partial charge is 0.394 e. The molecule has 9 heavy (non-hydrogen) atoms. The van der Waals surface area contributed by atoms with Crippen LogP contribution in [0.5, 0.6) is 0 Å². The third-order valence-electron chi connectivity index (χ3n) is 1.48. The minimum absolute atomic E-state index is 0.0699. The number of ether oxygens (including phenoxy) is 1. The Labute approximate surface area is 53.6 Å². The average Bonchev–Trinajstić information content (AvgIpc) is 2.10. The van der Waals surface area contributed by atoms with Crippen molar-refractivity contribution in [1.29, 1.82) is 0 Å². The summed E-state index contributed by atoms with van der Waals surface area (Å²) in [5.41, 5.74) is -1.21. The van der Waals surface area contributed by atoms with Gasteiger partial charge >= 0.3 is 0 Å². The summed E-state index contributed by atoms with van der Waals surface area (Å²) in [6, 6.07) is 0. The van der Waals surface area contributed by atoms with Crippen molar-refractivity contribution in [2.75, 3.05) is 13.2 Å². The number of rotatable bonds is 1. The topological polar surface area (TPSA) is 29.5 Å². The van der Waals surface area contributed by atoms with Crippen LogP contribution in [0.15, 0.2) is 0 Å². The summed E-state index contributed by atoms with van der Waals surface area (Å²) < 4.78 is 17.7. The van der Waals surface area contributed by atoms with Crippen LogP contribution in [0.1, 0.15) is 13.3 Å². The molecular formula is C6H11FO2. The van der Waals surface area contributed by atoms with Gasteiger partial charge in [-0.3, -0.25) is 0 Å². The van der Waals surface area contributed by atoms with Crippen molar-refractivity contribution in [3.05, 3.63) is 0 Å². The fraction of sp³-hybridized carbons (Fsp3) is 1.00. The quantitative estimate of drug-likeness (QED) is 0.565. The second-order valence-corrected chi connectivity index (χ2v) is 2.73. The molecule has 0 radical (unpaired) electrons. The van der Waals surface area contributed by atoms with E-state index in [2.05, 4.69) is 0 Å². The molecule has 1 saturated heterocycles. The number of hydrogen-bond acceptors (Lipinski definition) is 2. The van der Waals surface area contributed by atoms with Crippen LogP contribution in [0, 0.1) is 0 Å². The van der Waals surface area contributed by atoms with Gasteiger partial charge in [0.05, 0.1) is 19.3 Å². The number of aliphatic hydroxyl groups excluding tert-OH is 1. The van der Waals surface area contributed by atoms with Crippen LogP contribution in [-0.2, 0) is 4.74 Å². The molecular weight excluding hydrogens is 123 g/mol. The zero-order chi connectivity index (χ0) is 6.91. The van der Waals surface area contributed by atoms with Crippen LogP contribution in [0.4, 0.5) is 4.39 Å². The van der Waals surface area contributed by atoms with Gasteiger partial charge in [-0.15, -0.1) is 0 Å². The van der Waals surface area contributed by atoms with Crippen molar-refractivity contribution in [1.82, 2.24) is 0 Å². The van der Waals surface area contributed by atoms with Gasteiger partial charge in [-0.25, -0.2) is 4.39 Å². The monoisotopic (exact) mass is 134 g/mol. The molecule has 1 N–H and O–H groups in total. The zero-order valence-electron chi connectivity index (χ0n) is 5.43. The Morgan fingerprint density at radius 2 is 2.56 bits per heavy atom. The zero-order valence-corrected chi connectivity index (χ0v) is 5.43. The predicted octanol–water partition coefficient (Wildman–Crippen LogP) is 0.496. The summed E-state index contributed by atoms with van der Waals surface area (Å²) >= 11 is 0. The van der Waals surface area contributed by atoms with E-state index in [1.807, 2.05) is 0 Å². The van der Waals surface area contributed by atoms with Crippen molar-refractivity contribution >= 4 is 0 Å². The number of alkyl halides is 1. The third-order valence-corrected chi connectivity index (χ3v) is 1.48. The summed E-state index contributed by atoms with van der Waals surface area (Å²) in [5, 5.41) is 8.51. The first kappa shape index (κ1) is 6.96. The standard InChI is InChI=1S/C6H11FO2/c1-6(7)2-5(3-8)9-4-6/h5,8H,2-4H2,1H3. The van der Waals surface area contributed by atoms with Crippen LogP contribution in [0.2, 0.25) is 0 Å². The molecule has 1 aliphatic rings. The van der Waals surface area contributed by atoms with Gasteiger partial charge in [-0.05, 0) is 6.92 Å². The first-order chi connectivity index (χ1) is 4.14. The van der Waals surface area contributed by atoms with Gasteiger partial charge in [-0.2, -0.15) is 0 Å². The van der Waals surface area contributed by atoms with Gasteiger partial charge in [0.15, 0.2) is 0 Å². The highest BCUT2D eigenvalue weighted by Gasteiger charge is 2.35. The fourth-order valence-corrected chi connectivity index (χ4v) is 1.00. The molecule has 0 amide bonds. The molecule has 1 fully saturated rings. The Morgan fingerprint density at radius 1 is 1.89 bits per heavy atom. The molecule has 2 nitrogen and oxygen atoms in total. The van der Waals surface area contributed by atoms with Crippen LogP contribution in [0.25, 0.3) is 0 Å². The molecule has 3 heteroatoms. The lowest BCUT2D eigenvalue weighted by molar-refractivity contribution is 0.0501. The van der Waals surface area contributed by atoms with Gasteiger partial charge in [0.2, 0.25) is 0 Å². The maximum absolute atomic E-state index is 12.8. The summed E-state index contributed by atoms with van der Waals surface area (Å²) in [6.07, 6.45) is 0.0451. The van der Waals surface area contributed by atoms with Gasteiger partial charge in [0.25, 0.3) is 0 Å². The SMILES string of the molecule is CC1(F)COC(CO)C1. The number of aliphatic hydroxyl groups is 1. The molecule has 0 spiro atoms. The highest BCUT2D eigenvalue weighted by Crippen LogP contribution is 2.26.